The standard InChI is InChI=1S/C11H15B/c1-12-8-9-6-10-4-2-3-5-11(10)7-9/h2-5,9,12H,6-8H2,1H3. The maximum absolute atomic E-state index is 2.28. The van der Waals surface area contributed by atoms with Gasteiger partial charge in [-0.15, -0.1) is 0 Å². The van der Waals surface area contributed by atoms with Crippen LogP contribution in [-0.2, 0) is 12.8 Å². The fourth-order valence-corrected chi connectivity index (χ4v) is 2.26. The van der Waals surface area contributed by atoms with Gasteiger partial charge in [-0.1, -0.05) is 37.4 Å². The zero-order chi connectivity index (χ0) is 8.39. The molecule has 0 amide bonds. The van der Waals surface area contributed by atoms with Gasteiger partial charge in [0.2, 0.25) is 0 Å². The Morgan fingerprint density at radius 2 is 1.83 bits per heavy atom. The molecule has 1 aliphatic rings. The Labute approximate surface area is 75.2 Å². The summed E-state index contributed by atoms with van der Waals surface area (Å²) in [6.07, 6.45) is 4.04. The molecule has 2 rings (SSSR count). The summed E-state index contributed by atoms with van der Waals surface area (Å²) in [6, 6.07) is 8.89. The lowest BCUT2D eigenvalue weighted by molar-refractivity contribution is 0.624. The first-order valence-electron chi connectivity index (χ1n) is 4.97. The van der Waals surface area contributed by atoms with Crippen molar-refractivity contribution in [3.63, 3.8) is 0 Å². The molecule has 1 aliphatic carbocycles. The van der Waals surface area contributed by atoms with Crippen LogP contribution in [0.25, 0.3) is 0 Å². The van der Waals surface area contributed by atoms with Crippen LogP contribution in [0.3, 0.4) is 0 Å². The van der Waals surface area contributed by atoms with Crippen molar-refractivity contribution in [2.24, 2.45) is 5.92 Å². The van der Waals surface area contributed by atoms with Gasteiger partial charge in [-0.2, -0.15) is 0 Å². The van der Waals surface area contributed by atoms with Crippen molar-refractivity contribution in [2.75, 3.05) is 0 Å². The molecule has 0 atom stereocenters. The van der Waals surface area contributed by atoms with E-state index in [0.717, 1.165) is 5.92 Å². The third-order valence-corrected chi connectivity index (χ3v) is 2.83. The average molecular weight is 158 g/mol. The van der Waals surface area contributed by atoms with Crippen molar-refractivity contribution in [1.82, 2.24) is 0 Å². The van der Waals surface area contributed by atoms with E-state index in [9.17, 15) is 0 Å². The molecule has 0 fully saturated rings. The second kappa shape index (κ2) is 3.34. The molecule has 0 unspecified atom stereocenters. The summed E-state index contributed by atoms with van der Waals surface area (Å²) in [5, 5.41) is 0. The number of benzene rings is 1. The number of rotatable bonds is 2. The highest BCUT2D eigenvalue weighted by atomic mass is 14.2. The largest absolute Gasteiger partial charge is 0.117 e. The molecule has 0 bridgehead atoms. The Morgan fingerprint density at radius 1 is 1.25 bits per heavy atom. The topological polar surface area (TPSA) is 0 Å². The molecule has 0 N–H and O–H groups in total. The number of fused-ring (bicyclic) bond motifs is 1. The molecule has 12 heavy (non-hydrogen) atoms. The fraction of sp³-hybridized carbons (Fsp3) is 0.455. The SMILES string of the molecule is CBCC1Cc2ccccc2C1. The molecule has 0 heterocycles. The highest BCUT2D eigenvalue weighted by Gasteiger charge is 2.19. The van der Waals surface area contributed by atoms with Crippen molar-refractivity contribution in [3.8, 4) is 0 Å². The van der Waals surface area contributed by atoms with Gasteiger partial charge in [-0.25, -0.2) is 0 Å². The molecule has 1 heteroatoms. The first-order valence-corrected chi connectivity index (χ1v) is 4.97. The van der Waals surface area contributed by atoms with Crippen molar-refractivity contribution in [2.45, 2.75) is 26.0 Å². The van der Waals surface area contributed by atoms with Gasteiger partial charge < -0.3 is 0 Å². The van der Waals surface area contributed by atoms with E-state index in [1.54, 1.807) is 11.1 Å². The van der Waals surface area contributed by atoms with Crippen molar-refractivity contribution < 1.29 is 0 Å². The van der Waals surface area contributed by atoms with Crippen LogP contribution in [0, 0.1) is 5.92 Å². The molecule has 0 nitrogen and oxygen atoms in total. The summed E-state index contributed by atoms with van der Waals surface area (Å²) >= 11 is 0. The second-order valence-corrected chi connectivity index (χ2v) is 3.83. The Hall–Kier alpha value is -0.715. The lowest BCUT2D eigenvalue weighted by Crippen LogP contribution is -2.00. The van der Waals surface area contributed by atoms with Crippen LogP contribution in [-0.4, -0.2) is 7.28 Å². The predicted octanol–water partition coefficient (Wildman–Crippen LogP) is 2.30. The van der Waals surface area contributed by atoms with E-state index in [2.05, 4.69) is 31.1 Å². The summed E-state index contributed by atoms with van der Waals surface area (Å²) < 4.78 is 0. The van der Waals surface area contributed by atoms with Gasteiger partial charge in [-0.05, 0) is 29.9 Å². The van der Waals surface area contributed by atoms with E-state index in [1.165, 1.54) is 26.4 Å². The molecule has 0 aliphatic heterocycles. The normalized spacial score (nSPS) is 16.1. The Bertz CT molecular complexity index is 242. The molecule has 0 spiro atoms. The molecule has 1 aromatic rings. The second-order valence-electron chi connectivity index (χ2n) is 3.83. The quantitative estimate of drug-likeness (QED) is 0.579. The van der Waals surface area contributed by atoms with Crippen LogP contribution in [0.5, 0.6) is 0 Å². The number of hydrogen-bond donors (Lipinski definition) is 0. The van der Waals surface area contributed by atoms with Gasteiger partial charge in [0.05, 0.1) is 0 Å². The molecule has 62 valence electrons. The summed E-state index contributed by atoms with van der Waals surface area (Å²) in [5.74, 6) is 0.937. The Morgan fingerprint density at radius 3 is 2.33 bits per heavy atom. The van der Waals surface area contributed by atoms with Gasteiger partial charge in [-0.3, -0.25) is 0 Å². The molecular formula is C11H15B. The van der Waals surface area contributed by atoms with E-state index >= 15 is 0 Å². The van der Waals surface area contributed by atoms with Crippen LogP contribution < -0.4 is 0 Å². The van der Waals surface area contributed by atoms with Crippen molar-refractivity contribution >= 4 is 7.28 Å². The molecule has 1 aromatic carbocycles. The molecule has 0 aromatic heterocycles. The van der Waals surface area contributed by atoms with Crippen LogP contribution in [0.1, 0.15) is 11.1 Å². The predicted molar refractivity (Wildman–Crippen MR) is 55.2 cm³/mol. The minimum atomic E-state index is 0.937. The molecule has 0 saturated carbocycles. The summed E-state index contributed by atoms with van der Waals surface area (Å²) in [4.78, 5) is 0. The minimum absolute atomic E-state index is 0.937. The Balaban J connectivity index is 2.11. The van der Waals surface area contributed by atoms with Gasteiger partial charge in [0.15, 0.2) is 0 Å². The first kappa shape index (κ1) is 7.91. The molecule has 0 saturated heterocycles. The van der Waals surface area contributed by atoms with Gasteiger partial charge >= 0.3 is 0 Å². The van der Waals surface area contributed by atoms with E-state index in [-0.39, 0.29) is 0 Å². The Kier molecular flexibility index (Phi) is 2.20. The number of hydrogen-bond acceptors (Lipinski definition) is 0. The summed E-state index contributed by atoms with van der Waals surface area (Å²) in [6.45, 7) is 2.28. The molecule has 0 radical (unpaired) electrons. The third-order valence-electron chi connectivity index (χ3n) is 2.83. The van der Waals surface area contributed by atoms with Gasteiger partial charge in [0, 0.05) is 0 Å². The highest BCUT2D eigenvalue weighted by Crippen LogP contribution is 2.28. The highest BCUT2D eigenvalue weighted by molar-refractivity contribution is 6.33. The smallest absolute Gasteiger partial charge is 0.0893 e. The van der Waals surface area contributed by atoms with Crippen molar-refractivity contribution in [3.05, 3.63) is 35.4 Å². The monoisotopic (exact) mass is 158 g/mol. The zero-order valence-corrected chi connectivity index (χ0v) is 7.72. The first-order chi connectivity index (χ1) is 5.90. The van der Waals surface area contributed by atoms with Crippen LogP contribution in [0.2, 0.25) is 13.1 Å². The lowest BCUT2D eigenvalue weighted by Gasteiger charge is -2.03. The van der Waals surface area contributed by atoms with Gasteiger partial charge in [0.25, 0.3) is 0 Å². The van der Waals surface area contributed by atoms with E-state index in [1.807, 2.05) is 0 Å². The van der Waals surface area contributed by atoms with E-state index in [0.29, 0.717) is 0 Å². The minimum Gasteiger partial charge on any atom is -0.0893 e. The van der Waals surface area contributed by atoms with Crippen molar-refractivity contribution in [1.29, 1.82) is 0 Å². The van der Waals surface area contributed by atoms with E-state index in [4.69, 9.17) is 0 Å². The maximum Gasteiger partial charge on any atom is 0.117 e. The lowest BCUT2D eigenvalue weighted by atomic mass is 9.71. The maximum atomic E-state index is 2.28. The molecular weight excluding hydrogens is 143 g/mol. The average Bonchev–Trinajstić information content (AvgIpc) is 2.47. The van der Waals surface area contributed by atoms with Crippen LogP contribution in [0.15, 0.2) is 24.3 Å². The fourth-order valence-electron chi connectivity index (χ4n) is 2.26. The summed E-state index contributed by atoms with van der Waals surface area (Å²) in [5.41, 5.74) is 3.19. The summed E-state index contributed by atoms with van der Waals surface area (Å²) in [7, 11) is 1.33. The zero-order valence-electron chi connectivity index (χ0n) is 7.72. The third kappa shape index (κ3) is 1.41. The van der Waals surface area contributed by atoms with Gasteiger partial charge in [0.1, 0.15) is 7.28 Å². The van der Waals surface area contributed by atoms with Crippen LogP contribution >= 0.6 is 0 Å². The van der Waals surface area contributed by atoms with E-state index < -0.39 is 0 Å². The van der Waals surface area contributed by atoms with Crippen LogP contribution in [0.4, 0.5) is 0 Å².